The van der Waals surface area contributed by atoms with Crippen LogP contribution in [0.3, 0.4) is 0 Å². The fourth-order valence-electron chi connectivity index (χ4n) is 1.43. The summed E-state index contributed by atoms with van der Waals surface area (Å²) in [5, 5.41) is 8.93. The minimum absolute atomic E-state index is 0.275. The third kappa shape index (κ3) is 3.53. The number of aromatic amines is 1. The number of anilines is 1. The molecule has 0 saturated heterocycles. The van der Waals surface area contributed by atoms with Crippen LogP contribution in [-0.4, -0.2) is 22.0 Å². The van der Waals surface area contributed by atoms with E-state index in [9.17, 15) is 9.59 Å². The zero-order valence-corrected chi connectivity index (χ0v) is 9.96. The van der Waals surface area contributed by atoms with Crippen LogP contribution >= 0.6 is 0 Å². The second-order valence-corrected chi connectivity index (χ2v) is 3.78. The van der Waals surface area contributed by atoms with E-state index >= 15 is 0 Å². The van der Waals surface area contributed by atoms with Crippen LogP contribution < -0.4 is 11.1 Å². The molecule has 0 saturated carbocycles. The Bertz CT molecular complexity index is 600. The molecule has 0 spiro atoms. The first kappa shape index (κ1) is 12.6. The number of benzene rings is 1. The maximum Gasteiger partial charge on any atom is 0.249 e. The van der Waals surface area contributed by atoms with E-state index in [0.717, 1.165) is 5.56 Å². The molecular formula is C13H12N4O2. The third-order valence-electron chi connectivity index (χ3n) is 2.38. The first-order valence-corrected chi connectivity index (χ1v) is 5.53. The number of amides is 2. The van der Waals surface area contributed by atoms with Gasteiger partial charge in [-0.15, -0.1) is 0 Å². The van der Waals surface area contributed by atoms with E-state index in [4.69, 9.17) is 5.73 Å². The van der Waals surface area contributed by atoms with Gasteiger partial charge in [-0.3, -0.25) is 14.7 Å². The molecule has 0 fully saturated rings. The lowest BCUT2D eigenvalue weighted by Crippen LogP contribution is -2.10. The van der Waals surface area contributed by atoms with Gasteiger partial charge in [-0.05, 0) is 23.8 Å². The van der Waals surface area contributed by atoms with E-state index in [1.165, 1.54) is 6.08 Å². The third-order valence-corrected chi connectivity index (χ3v) is 2.38. The molecule has 1 aromatic heterocycles. The Morgan fingerprint density at radius 3 is 2.53 bits per heavy atom. The van der Waals surface area contributed by atoms with Gasteiger partial charge in [-0.1, -0.05) is 12.1 Å². The van der Waals surface area contributed by atoms with Gasteiger partial charge in [0.05, 0.1) is 6.20 Å². The monoisotopic (exact) mass is 256 g/mol. The lowest BCUT2D eigenvalue weighted by molar-refractivity contribution is -0.111. The van der Waals surface area contributed by atoms with E-state index in [0.29, 0.717) is 11.4 Å². The highest BCUT2D eigenvalue weighted by Crippen LogP contribution is 2.06. The highest BCUT2D eigenvalue weighted by Gasteiger charge is 2.00. The Kier molecular flexibility index (Phi) is 3.72. The van der Waals surface area contributed by atoms with Crippen LogP contribution in [0.5, 0.6) is 0 Å². The van der Waals surface area contributed by atoms with Crippen molar-refractivity contribution >= 4 is 23.7 Å². The van der Waals surface area contributed by atoms with Crippen LogP contribution in [0.15, 0.2) is 42.6 Å². The number of nitrogens with zero attached hydrogens (tertiary/aromatic N) is 1. The predicted octanol–water partition coefficient (Wildman–Crippen LogP) is 1.16. The van der Waals surface area contributed by atoms with Crippen molar-refractivity contribution in [2.75, 3.05) is 5.32 Å². The molecule has 0 unspecified atom stereocenters. The summed E-state index contributed by atoms with van der Waals surface area (Å²) in [4.78, 5) is 22.4. The van der Waals surface area contributed by atoms with Gasteiger partial charge in [-0.25, -0.2) is 0 Å². The fraction of sp³-hybridized carbons (Fsp3) is 0. The van der Waals surface area contributed by atoms with Gasteiger partial charge in [0.1, 0.15) is 5.82 Å². The van der Waals surface area contributed by atoms with E-state index in [1.54, 1.807) is 42.6 Å². The van der Waals surface area contributed by atoms with Crippen molar-refractivity contribution in [2.24, 2.45) is 5.73 Å². The maximum absolute atomic E-state index is 11.5. The molecule has 0 aliphatic rings. The highest BCUT2D eigenvalue weighted by atomic mass is 16.1. The van der Waals surface area contributed by atoms with E-state index in [2.05, 4.69) is 15.5 Å². The average Bonchev–Trinajstić information content (AvgIpc) is 2.89. The van der Waals surface area contributed by atoms with Crippen molar-refractivity contribution in [1.29, 1.82) is 0 Å². The Labute approximate surface area is 109 Å². The summed E-state index contributed by atoms with van der Waals surface area (Å²) in [5.74, 6) is -0.227. The highest BCUT2D eigenvalue weighted by molar-refractivity contribution is 6.01. The molecule has 0 aliphatic carbocycles. The molecule has 2 amide bonds. The summed E-state index contributed by atoms with van der Waals surface area (Å²) in [6.45, 7) is 0. The van der Waals surface area contributed by atoms with Gasteiger partial charge in [0.15, 0.2) is 0 Å². The molecule has 0 radical (unpaired) electrons. The van der Waals surface area contributed by atoms with E-state index in [-0.39, 0.29) is 5.91 Å². The average molecular weight is 256 g/mol. The maximum atomic E-state index is 11.5. The number of hydrogen-bond acceptors (Lipinski definition) is 3. The van der Waals surface area contributed by atoms with E-state index < -0.39 is 5.91 Å². The Morgan fingerprint density at radius 2 is 1.95 bits per heavy atom. The van der Waals surface area contributed by atoms with Gasteiger partial charge in [0, 0.05) is 17.7 Å². The van der Waals surface area contributed by atoms with E-state index in [1.807, 2.05) is 0 Å². The second kappa shape index (κ2) is 5.63. The van der Waals surface area contributed by atoms with Crippen molar-refractivity contribution in [2.45, 2.75) is 0 Å². The lowest BCUT2D eigenvalue weighted by atomic mass is 10.1. The summed E-state index contributed by atoms with van der Waals surface area (Å²) in [7, 11) is 0. The van der Waals surface area contributed by atoms with Crippen molar-refractivity contribution in [1.82, 2.24) is 10.2 Å². The standard InChI is InChI=1S/C13H12N4O2/c14-13(19)10-4-1-9(2-5-10)3-6-12(18)16-11-7-8-15-17-11/h1-8H,(H2,14,19)(H2,15,16,17,18). The molecule has 6 heteroatoms. The molecular weight excluding hydrogens is 244 g/mol. The molecule has 96 valence electrons. The van der Waals surface area contributed by atoms with Crippen LogP contribution in [0.1, 0.15) is 15.9 Å². The summed E-state index contributed by atoms with van der Waals surface area (Å²) in [6.07, 6.45) is 4.57. The van der Waals surface area contributed by atoms with Gasteiger partial charge in [0.2, 0.25) is 11.8 Å². The Balaban J connectivity index is 1.98. The van der Waals surface area contributed by atoms with Gasteiger partial charge in [0.25, 0.3) is 0 Å². The SMILES string of the molecule is NC(=O)c1ccc(C=CC(=O)Nc2ccn[nH]2)cc1. The van der Waals surface area contributed by atoms with Crippen LogP contribution in [0.4, 0.5) is 5.82 Å². The normalized spacial score (nSPS) is 10.5. The smallest absolute Gasteiger partial charge is 0.249 e. The van der Waals surface area contributed by atoms with Crippen molar-refractivity contribution in [3.05, 3.63) is 53.7 Å². The molecule has 1 aromatic carbocycles. The molecule has 2 aromatic rings. The molecule has 19 heavy (non-hydrogen) atoms. The topological polar surface area (TPSA) is 101 Å². The van der Waals surface area contributed by atoms with Crippen molar-refractivity contribution in [3.63, 3.8) is 0 Å². The minimum Gasteiger partial charge on any atom is -0.366 e. The van der Waals surface area contributed by atoms with Crippen LogP contribution in [-0.2, 0) is 4.79 Å². The number of H-pyrrole nitrogens is 1. The van der Waals surface area contributed by atoms with Gasteiger partial charge < -0.3 is 11.1 Å². The summed E-state index contributed by atoms with van der Waals surface area (Å²) in [6, 6.07) is 8.27. The molecule has 6 nitrogen and oxygen atoms in total. The number of rotatable bonds is 4. The van der Waals surface area contributed by atoms with Crippen molar-refractivity contribution in [3.8, 4) is 0 Å². The predicted molar refractivity (Wildman–Crippen MR) is 71.2 cm³/mol. The first-order chi connectivity index (χ1) is 9.15. The lowest BCUT2D eigenvalue weighted by Gasteiger charge is -1.98. The summed E-state index contributed by atoms with van der Waals surface area (Å²) in [5.41, 5.74) is 6.36. The summed E-state index contributed by atoms with van der Waals surface area (Å²) >= 11 is 0. The molecule has 2 rings (SSSR count). The minimum atomic E-state index is -0.479. The Hall–Kier alpha value is -2.89. The van der Waals surface area contributed by atoms with Crippen LogP contribution in [0.2, 0.25) is 0 Å². The van der Waals surface area contributed by atoms with Crippen molar-refractivity contribution < 1.29 is 9.59 Å². The quantitative estimate of drug-likeness (QED) is 0.715. The molecule has 0 aliphatic heterocycles. The number of nitrogens with one attached hydrogen (secondary N) is 2. The Morgan fingerprint density at radius 1 is 1.21 bits per heavy atom. The number of carbonyl (C=O) groups excluding carboxylic acids is 2. The number of aromatic nitrogens is 2. The summed E-state index contributed by atoms with van der Waals surface area (Å²) < 4.78 is 0. The molecule has 4 N–H and O–H groups in total. The number of hydrogen-bond donors (Lipinski definition) is 3. The number of carbonyl (C=O) groups is 2. The molecule has 0 atom stereocenters. The van der Waals surface area contributed by atoms with Gasteiger partial charge in [-0.2, -0.15) is 5.10 Å². The largest absolute Gasteiger partial charge is 0.366 e. The zero-order valence-electron chi connectivity index (χ0n) is 9.96. The fourth-order valence-corrected chi connectivity index (χ4v) is 1.43. The number of nitrogens with two attached hydrogens (primary N) is 1. The van der Waals surface area contributed by atoms with Crippen LogP contribution in [0, 0.1) is 0 Å². The van der Waals surface area contributed by atoms with Gasteiger partial charge >= 0.3 is 0 Å². The van der Waals surface area contributed by atoms with Crippen LogP contribution in [0.25, 0.3) is 6.08 Å². The zero-order chi connectivity index (χ0) is 13.7. The second-order valence-electron chi connectivity index (χ2n) is 3.78. The first-order valence-electron chi connectivity index (χ1n) is 5.53. The number of primary amides is 1. The molecule has 1 heterocycles. The molecule has 0 bridgehead atoms.